The number of benzene rings is 2. The van der Waals surface area contributed by atoms with Crippen molar-refractivity contribution in [1.29, 1.82) is 0 Å². The van der Waals surface area contributed by atoms with Crippen LogP contribution in [0.15, 0.2) is 42.5 Å². The number of nitrogens with one attached hydrogen (secondary N) is 2. The van der Waals surface area contributed by atoms with Gasteiger partial charge in [0.25, 0.3) is 12.3 Å². The Morgan fingerprint density at radius 2 is 1.61 bits per heavy atom. The minimum atomic E-state index is -5.17. The maximum Gasteiger partial charge on any atom is 0.435 e. The highest BCUT2D eigenvalue weighted by Gasteiger charge is 2.63. The maximum absolute atomic E-state index is 15.8. The van der Waals surface area contributed by atoms with Crippen LogP contribution in [-0.4, -0.2) is 69.5 Å². The van der Waals surface area contributed by atoms with E-state index in [0.717, 1.165) is 16.8 Å². The van der Waals surface area contributed by atoms with Crippen LogP contribution < -0.4 is 10.0 Å². The number of carbonyl (C=O) groups is 1. The van der Waals surface area contributed by atoms with Gasteiger partial charge < -0.3 is 5.32 Å². The number of rotatable bonds is 15. The highest BCUT2D eigenvalue weighted by Crippen LogP contribution is 2.64. The zero-order valence-corrected chi connectivity index (χ0v) is 38.8. The standard InChI is InChI=1S/C45H41ClF9N7O5S2/c1-43(2,69(66,67)27-6-7-27)14-13-26-5-8-28(29-10-12-32(46)37-39(29)61(19-34(49)50)59-42(37)60-68(64,65)21-22-3-4-22)38(56-26)33(17-23-15-24(47)18-25(48)16-23)57-35(63)20-62-41-36(40(58-62)45(53,54)55)30-9-11-31(30)44(41,51)52/h5,8,10,12,15-16,18,22,27,30-31,33-34H,3-4,6-7,9,11,17,19-21H2,1-2H3,(H,57,63)(H,59,60)/t30-,31+,33-/m0/s1. The quantitative estimate of drug-likeness (QED) is 0.0777. The van der Waals surface area contributed by atoms with Crippen molar-refractivity contribution in [3.05, 3.63) is 93.0 Å². The predicted octanol–water partition coefficient (Wildman–Crippen LogP) is 9.07. The average molecular weight is 1030 g/mol. The van der Waals surface area contributed by atoms with Crippen LogP contribution in [0.25, 0.3) is 22.0 Å². The number of pyridine rings is 1. The fourth-order valence-electron chi connectivity index (χ4n) is 9.25. The first-order chi connectivity index (χ1) is 32.2. The largest absolute Gasteiger partial charge is 0.435 e. The predicted molar refractivity (Wildman–Crippen MR) is 235 cm³/mol. The number of sulfone groups is 1. The van der Waals surface area contributed by atoms with Gasteiger partial charge in [-0.15, -0.1) is 0 Å². The van der Waals surface area contributed by atoms with E-state index in [4.69, 9.17) is 11.6 Å². The molecule has 1 amide bonds. The van der Waals surface area contributed by atoms with E-state index in [1.165, 1.54) is 38.1 Å². The van der Waals surface area contributed by atoms with Crippen LogP contribution in [0.1, 0.15) is 98.2 Å². The molecule has 5 aromatic rings. The Balaban J connectivity index is 1.22. The summed E-state index contributed by atoms with van der Waals surface area (Å²) in [5, 5.41) is 9.34. The van der Waals surface area contributed by atoms with Crippen molar-refractivity contribution in [2.24, 2.45) is 11.8 Å². The normalized spacial score (nSPS) is 19.4. The van der Waals surface area contributed by atoms with Crippen molar-refractivity contribution in [2.75, 3.05) is 10.5 Å². The number of amides is 1. The molecule has 0 aliphatic heterocycles. The van der Waals surface area contributed by atoms with E-state index in [2.05, 4.69) is 37.1 Å². The summed E-state index contributed by atoms with van der Waals surface area (Å²) in [4.78, 5) is 18.9. The molecular weight excluding hydrogens is 989 g/mol. The third-order valence-electron chi connectivity index (χ3n) is 12.9. The average Bonchev–Trinajstić information content (AvgIpc) is 4.14. The Morgan fingerprint density at radius 1 is 0.928 bits per heavy atom. The topological polar surface area (TPSA) is 158 Å². The van der Waals surface area contributed by atoms with Crippen LogP contribution in [0.2, 0.25) is 5.02 Å². The van der Waals surface area contributed by atoms with E-state index >= 15 is 8.78 Å². The zero-order chi connectivity index (χ0) is 49.7. The molecule has 368 valence electrons. The number of sulfonamides is 1. The number of halogens is 10. The summed E-state index contributed by atoms with van der Waals surface area (Å²) in [6.07, 6.45) is -6.64. The molecule has 24 heteroatoms. The summed E-state index contributed by atoms with van der Waals surface area (Å²) in [5.41, 5.74) is -4.09. The minimum Gasteiger partial charge on any atom is -0.346 e. The van der Waals surface area contributed by atoms with Gasteiger partial charge in [-0.25, -0.2) is 39.4 Å². The lowest BCUT2D eigenvalue weighted by Gasteiger charge is -2.34. The van der Waals surface area contributed by atoms with Gasteiger partial charge in [-0.3, -0.25) is 18.9 Å². The second-order valence-electron chi connectivity index (χ2n) is 18.5. The van der Waals surface area contributed by atoms with Gasteiger partial charge in [-0.05, 0) is 112 Å². The highest BCUT2D eigenvalue weighted by atomic mass is 35.5. The summed E-state index contributed by atoms with van der Waals surface area (Å²) < 4.78 is 188. The first-order valence-electron chi connectivity index (χ1n) is 21.8. The van der Waals surface area contributed by atoms with E-state index in [9.17, 15) is 52.4 Å². The molecule has 12 nitrogen and oxygen atoms in total. The lowest BCUT2D eigenvalue weighted by Crippen LogP contribution is -2.36. The molecule has 0 spiro atoms. The maximum atomic E-state index is 15.8. The zero-order valence-electron chi connectivity index (χ0n) is 36.5. The van der Waals surface area contributed by atoms with Gasteiger partial charge in [-0.1, -0.05) is 23.6 Å². The van der Waals surface area contributed by atoms with E-state index in [-0.39, 0.29) is 68.5 Å². The highest BCUT2D eigenvalue weighted by molar-refractivity contribution is 7.94. The molecule has 3 fully saturated rings. The van der Waals surface area contributed by atoms with Crippen molar-refractivity contribution < 1.29 is 61.1 Å². The number of alkyl halides is 7. The first kappa shape index (κ1) is 48.7. The number of hydrogen-bond donors (Lipinski definition) is 2. The Hall–Kier alpha value is -5.34. The molecule has 2 N–H and O–H groups in total. The lowest BCUT2D eigenvalue weighted by molar-refractivity contribution is -0.144. The first-order valence-corrected chi connectivity index (χ1v) is 25.4. The second kappa shape index (κ2) is 17.2. The van der Waals surface area contributed by atoms with E-state index in [1.807, 2.05) is 0 Å². The molecule has 0 saturated heterocycles. The fraction of sp³-hybridized carbons (Fsp3) is 0.467. The molecule has 3 aromatic heterocycles. The molecule has 0 radical (unpaired) electrons. The van der Waals surface area contributed by atoms with E-state index in [1.54, 1.807) is 0 Å². The van der Waals surface area contributed by atoms with Gasteiger partial charge in [-0.2, -0.15) is 32.1 Å². The van der Waals surface area contributed by atoms with Crippen LogP contribution in [0, 0.1) is 35.3 Å². The van der Waals surface area contributed by atoms with Crippen molar-refractivity contribution in [3.8, 4) is 23.0 Å². The number of anilines is 1. The molecule has 3 atom stereocenters. The number of nitrogens with zero attached hydrogens (tertiary/aromatic N) is 5. The van der Waals surface area contributed by atoms with Gasteiger partial charge in [0.15, 0.2) is 21.3 Å². The summed E-state index contributed by atoms with van der Waals surface area (Å²) >= 11 is 6.67. The minimum absolute atomic E-state index is 0.0201. The fourth-order valence-corrected chi connectivity index (χ4v) is 12.7. The van der Waals surface area contributed by atoms with Crippen LogP contribution in [0.4, 0.5) is 45.3 Å². The van der Waals surface area contributed by atoms with Gasteiger partial charge in [0.05, 0.1) is 38.7 Å². The van der Waals surface area contributed by atoms with Gasteiger partial charge in [0.2, 0.25) is 15.9 Å². The molecule has 0 unspecified atom stereocenters. The number of hydrogen-bond acceptors (Lipinski definition) is 8. The molecule has 2 aromatic carbocycles. The molecule has 3 saturated carbocycles. The Morgan fingerprint density at radius 3 is 2.22 bits per heavy atom. The van der Waals surface area contributed by atoms with Crippen molar-refractivity contribution in [1.82, 2.24) is 29.9 Å². The van der Waals surface area contributed by atoms with Crippen LogP contribution in [0.5, 0.6) is 0 Å². The summed E-state index contributed by atoms with van der Waals surface area (Å²) in [6.45, 7) is 0.468. The molecule has 4 aliphatic rings. The molecule has 4 aliphatic carbocycles. The van der Waals surface area contributed by atoms with Gasteiger partial charge in [0, 0.05) is 28.7 Å². The number of aromatic nitrogens is 5. The number of fused-ring (bicyclic) bond motifs is 4. The molecule has 69 heavy (non-hydrogen) atoms. The molecule has 0 bridgehead atoms. The summed E-state index contributed by atoms with van der Waals surface area (Å²) in [5.74, 6) is -5.08. The van der Waals surface area contributed by atoms with Crippen LogP contribution >= 0.6 is 11.6 Å². The Kier molecular flexibility index (Phi) is 12.1. The van der Waals surface area contributed by atoms with E-state index < -0.39 is 126 Å². The van der Waals surface area contributed by atoms with Crippen molar-refractivity contribution in [2.45, 2.75) is 112 Å². The second-order valence-corrected chi connectivity index (χ2v) is 23.4. The van der Waals surface area contributed by atoms with Crippen molar-refractivity contribution >= 4 is 54.1 Å². The van der Waals surface area contributed by atoms with Crippen molar-refractivity contribution in [3.63, 3.8) is 0 Å². The van der Waals surface area contributed by atoms with E-state index in [0.29, 0.717) is 36.4 Å². The molecule has 3 heterocycles. The lowest BCUT2D eigenvalue weighted by atomic mass is 9.73. The molecule has 9 rings (SSSR count). The summed E-state index contributed by atoms with van der Waals surface area (Å²) in [7, 11) is -7.88. The van der Waals surface area contributed by atoms with Crippen LogP contribution in [0.3, 0.4) is 0 Å². The Labute approximate surface area is 394 Å². The molecular formula is C45H41ClF9N7O5S2. The van der Waals surface area contributed by atoms with Crippen LogP contribution in [-0.2, 0) is 56.3 Å². The van der Waals surface area contributed by atoms with Gasteiger partial charge >= 0.3 is 6.18 Å². The SMILES string of the molecule is CC(C)(C#Cc1ccc(-c2ccc(Cl)c3c(NS(=O)(=O)CC4CC4)nn(CC(F)F)c23)c([C@H](Cc2cc(F)cc(F)c2)NC(=O)Cn2nc(C(F)(F)F)c3c2C(F)(F)[C@@H]2CC[C@H]32)n1)S(=O)(=O)C1CC1. The smallest absolute Gasteiger partial charge is 0.346 e. The summed E-state index contributed by atoms with van der Waals surface area (Å²) in [6, 6.07) is 6.07. The monoisotopic (exact) mass is 1030 g/mol. The van der Waals surface area contributed by atoms with Gasteiger partial charge in [0.1, 0.15) is 40.9 Å². The third-order valence-corrected chi connectivity index (χ3v) is 17.5. The number of carbonyl (C=O) groups excluding carboxylic acids is 1. The Bertz CT molecular complexity index is 3190. The third kappa shape index (κ3) is 9.39.